The first kappa shape index (κ1) is 27.6. The molecule has 1 fully saturated rings. The largest absolute Gasteiger partial charge is 0.506 e. The lowest BCUT2D eigenvalue weighted by atomic mass is 10.0. The van der Waals surface area contributed by atoms with Crippen LogP contribution in [0.1, 0.15) is 12.1 Å². The van der Waals surface area contributed by atoms with Crippen LogP contribution in [-0.4, -0.2) is 74.3 Å². The molecule has 0 spiro atoms. The van der Waals surface area contributed by atoms with Gasteiger partial charge in [0.05, 0.1) is 34.4 Å². The van der Waals surface area contributed by atoms with Crippen LogP contribution in [0.3, 0.4) is 0 Å². The Bertz CT molecular complexity index is 1490. The van der Waals surface area contributed by atoms with Crippen molar-refractivity contribution < 1.29 is 31.1 Å². The number of aromatic nitrogens is 1. The highest BCUT2D eigenvalue weighted by atomic mass is 32.2. The summed E-state index contributed by atoms with van der Waals surface area (Å²) in [5, 5.41) is 16.6. The Labute approximate surface area is 218 Å². The van der Waals surface area contributed by atoms with Crippen molar-refractivity contribution in [1.29, 1.82) is 0 Å². The number of sulfone groups is 1. The molecule has 2 aromatic carbocycles. The maximum atomic E-state index is 14.6. The molecule has 7 nitrogen and oxygen atoms in total. The van der Waals surface area contributed by atoms with Crippen molar-refractivity contribution in [2.75, 3.05) is 43.6 Å². The van der Waals surface area contributed by atoms with Gasteiger partial charge in [-0.1, -0.05) is 12.0 Å². The highest BCUT2D eigenvalue weighted by molar-refractivity contribution is 7.90. The summed E-state index contributed by atoms with van der Waals surface area (Å²) >= 11 is 0. The molecule has 2 heterocycles. The molecule has 1 aromatic heterocycles. The minimum absolute atomic E-state index is 0.0243. The lowest BCUT2D eigenvalue weighted by Crippen LogP contribution is -2.46. The molecule has 38 heavy (non-hydrogen) atoms. The van der Waals surface area contributed by atoms with E-state index < -0.39 is 34.8 Å². The van der Waals surface area contributed by atoms with Crippen LogP contribution in [0.2, 0.25) is 0 Å². The Kier molecular flexibility index (Phi) is 7.80. The summed E-state index contributed by atoms with van der Waals surface area (Å²) in [6.07, 6.45) is -4.03. The third-order valence-corrected chi connectivity index (χ3v) is 7.46. The van der Waals surface area contributed by atoms with E-state index in [0.717, 1.165) is 16.9 Å². The molecule has 2 atom stereocenters. The number of nitrogens with zero attached hydrogens (tertiary/aromatic N) is 2. The fourth-order valence-electron chi connectivity index (χ4n) is 4.45. The Morgan fingerprint density at radius 2 is 1.92 bits per heavy atom. The smallest absolute Gasteiger partial charge is 0.406 e. The van der Waals surface area contributed by atoms with E-state index >= 15 is 0 Å². The summed E-state index contributed by atoms with van der Waals surface area (Å²) in [6.45, 7) is -0.285. The summed E-state index contributed by atoms with van der Waals surface area (Å²) in [4.78, 5) is 1.84. The van der Waals surface area contributed by atoms with Crippen LogP contribution in [0.15, 0.2) is 47.4 Å². The van der Waals surface area contributed by atoms with Crippen LogP contribution in [0.25, 0.3) is 10.9 Å². The van der Waals surface area contributed by atoms with Crippen molar-refractivity contribution in [3.05, 3.63) is 48.2 Å². The maximum absolute atomic E-state index is 14.6. The fraction of sp³-hybridized carbons (Fsp3) is 0.385. The number of halogens is 4. The van der Waals surface area contributed by atoms with Gasteiger partial charge in [0.1, 0.15) is 18.5 Å². The topological polar surface area (TPSA) is 86.6 Å². The number of nitrogens with one attached hydrogen (secondary N) is 2. The number of hydrogen-bond acceptors (Lipinski definition) is 6. The molecule has 204 valence electrons. The van der Waals surface area contributed by atoms with Gasteiger partial charge in [0.2, 0.25) is 0 Å². The van der Waals surface area contributed by atoms with E-state index in [1.165, 1.54) is 12.1 Å². The first-order valence-corrected chi connectivity index (χ1v) is 13.7. The van der Waals surface area contributed by atoms with Crippen LogP contribution in [0, 0.1) is 11.8 Å². The zero-order chi connectivity index (χ0) is 27.7. The molecule has 3 aromatic rings. The normalized spacial score (nSPS) is 18.7. The number of phenolic OH excluding ortho intramolecular Hbond substituents is 1. The molecule has 12 heteroatoms. The van der Waals surface area contributed by atoms with Crippen molar-refractivity contribution in [3.63, 3.8) is 0 Å². The van der Waals surface area contributed by atoms with Gasteiger partial charge in [0.15, 0.2) is 9.84 Å². The van der Waals surface area contributed by atoms with Gasteiger partial charge < -0.3 is 25.2 Å². The molecule has 0 amide bonds. The first-order chi connectivity index (χ1) is 17.8. The van der Waals surface area contributed by atoms with Gasteiger partial charge in [-0.2, -0.15) is 13.2 Å². The second kappa shape index (κ2) is 10.7. The average Bonchev–Trinajstić information content (AvgIpc) is 3.15. The molecule has 1 saturated heterocycles. The standard InChI is InChI=1S/C26H28F4N4O3S/c1-33-12-10-22(20(27)15-33)32-21-6-3-7-24-19(21)13-17(34(24)16-26(28,29)30)5-4-11-31-23-9-8-18(14-25(23)35)38(2,36)37/h3,6-9,13-14,20,22,31-32,35H,10-12,15-16H2,1-2H3. The predicted molar refractivity (Wildman–Crippen MR) is 139 cm³/mol. The van der Waals surface area contributed by atoms with Crippen LogP contribution >= 0.6 is 0 Å². The number of anilines is 2. The van der Waals surface area contributed by atoms with Crippen molar-refractivity contribution in [2.45, 2.75) is 36.3 Å². The molecule has 0 bridgehead atoms. The van der Waals surface area contributed by atoms with Crippen LogP contribution in [0.5, 0.6) is 5.75 Å². The molecule has 3 N–H and O–H groups in total. The van der Waals surface area contributed by atoms with E-state index in [0.29, 0.717) is 29.6 Å². The molecule has 0 aliphatic carbocycles. The van der Waals surface area contributed by atoms with E-state index in [-0.39, 0.29) is 35.1 Å². The summed E-state index contributed by atoms with van der Waals surface area (Å²) < 4.78 is 79.2. The van der Waals surface area contributed by atoms with Crippen molar-refractivity contribution in [1.82, 2.24) is 9.47 Å². The second-order valence-corrected chi connectivity index (χ2v) is 11.4. The summed E-state index contributed by atoms with van der Waals surface area (Å²) in [7, 11) is -1.65. The molecule has 0 radical (unpaired) electrons. The monoisotopic (exact) mass is 552 g/mol. The molecular formula is C26H28F4N4O3S. The maximum Gasteiger partial charge on any atom is 0.406 e. The van der Waals surface area contributed by atoms with Crippen LogP contribution in [0.4, 0.5) is 28.9 Å². The van der Waals surface area contributed by atoms with Gasteiger partial charge in [-0.25, -0.2) is 12.8 Å². The summed E-state index contributed by atoms with van der Waals surface area (Å²) in [5.74, 6) is 5.22. The average molecular weight is 553 g/mol. The van der Waals surface area contributed by atoms with Crippen molar-refractivity contribution in [3.8, 4) is 17.6 Å². The SMILES string of the molecule is CN1CCC(Nc2cccc3c2cc(C#CCNc2ccc(S(C)(=O)=O)cc2O)n3CC(F)(F)F)C(F)C1. The van der Waals surface area contributed by atoms with Crippen molar-refractivity contribution >= 4 is 32.1 Å². The zero-order valence-electron chi connectivity index (χ0n) is 20.8. The third-order valence-electron chi connectivity index (χ3n) is 6.35. The number of fused-ring (bicyclic) bond motifs is 1. The van der Waals surface area contributed by atoms with Crippen LogP contribution in [-0.2, 0) is 16.4 Å². The third kappa shape index (κ3) is 6.52. The Morgan fingerprint density at radius 3 is 2.58 bits per heavy atom. The number of alkyl halides is 4. The quantitative estimate of drug-likeness (QED) is 0.241. The van der Waals surface area contributed by atoms with E-state index in [2.05, 4.69) is 22.5 Å². The number of piperidine rings is 1. The van der Waals surface area contributed by atoms with Gasteiger partial charge in [0, 0.05) is 36.5 Å². The van der Waals surface area contributed by atoms with Gasteiger partial charge >= 0.3 is 6.18 Å². The fourth-order valence-corrected chi connectivity index (χ4v) is 5.09. The van der Waals surface area contributed by atoms with E-state index in [4.69, 9.17) is 0 Å². The van der Waals surface area contributed by atoms with E-state index in [1.807, 2.05) is 11.9 Å². The number of hydrogen-bond donors (Lipinski definition) is 3. The van der Waals surface area contributed by atoms with Gasteiger partial charge in [-0.3, -0.25) is 0 Å². The number of rotatable bonds is 6. The number of likely N-dealkylation sites (tertiary alicyclic amines) is 1. The molecule has 1 aliphatic heterocycles. The first-order valence-electron chi connectivity index (χ1n) is 11.9. The molecule has 2 unspecified atom stereocenters. The Hall–Kier alpha value is -3.43. The lowest BCUT2D eigenvalue weighted by Gasteiger charge is -2.33. The predicted octanol–water partition coefficient (Wildman–Crippen LogP) is 4.23. The number of phenols is 1. The second-order valence-electron chi connectivity index (χ2n) is 9.39. The van der Waals surface area contributed by atoms with Gasteiger partial charge in [0.25, 0.3) is 0 Å². The van der Waals surface area contributed by atoms with Crippen LogP contribution < -0.4 is 10.6 Å². The zero-order valence-corrected chi connectivity index (χ0v) is 21.6. The summed E-state index contributed by atoms with van der Waals surface area (Å²) in [5.41, 5.74) is 1.22. The van der Waals surface area contributed by atoms with E-state index in [9.17, 15) is 31.1 Å². The van der Waals surface area contributed by atoms with Crippen molar-refractivity contribution in [2.24, 2.45) is 0 Å². The number of benzene rings is 2. The summed E-state index contributed by atoms with van der Waals surface area (Å²) in [6, 6.07) is 9.82. The molecular weight excluding hydrogens is 524 g/mol. The van der Waals surface area contributed by atoms with Gasteiger partial charge in [-0.05, 0) is 49.7 Å². The molecule has 0 saturated carbocycles. The number of aromatic hydroxyl groups is 1. The highest BCUT2D eigenvalue weighted by Crippen LogP contribution is 2.32. The van der Waals surface area contributed by atoms with Gasteiger partial charge in [-0.15, -0.1) is 0 Å². The minimum Gasteiger partial charge on any atom is -0.506 e. The Balaban J connectivity index is 1.60. The Morgan fingerprint density at radius 1 is 1.16 bits per heavy atom. The van der Waals surface area contributed by atoms with E-state index in [1.54, 1.807) is 24.3 Å². The minimum atomic E-state index is -4.49. The molecule has 1 aliphatic rings. The molecule has 4 rings (SSSR count). The highest BCUT2D eigenvalue weighted by Gasteiger charge is 2.31. The lowest BCUT2D eigenvalue weighted by molar-refractivity contribution is -0.140.